The van der Waals surface area contributed by atoms with Gasteiger partial charge in [0.1, 0.15) is 0 Å². The Balaban J connectivity index is 0.00000132. The molecule has 7 heteroatoms. The Hall–Kier alpha value is 0.320. The van der Waals surface area contributed by atoms with Crippen LogP contribution in [0.25, 0.3) is 0 Å². The zero-order valence-electron chi connectivity index (χ0n) is 14.1. The highest BCUT2D eigenvalue weighted by Gasteiger charge is 2.43. The van der Waals surface area contributed by atoms with Crippen molar-refractivity contribution in [2.75, 3.05) is 44.7 Å². The zero-order chi connectivity index (χ0) is 14.7. The van der Waals surface area contributed by atoms with Gasteiger partial charge < -0.3 is 15.1 Å². The summed E-state index contributed by atoms with van der Waals surface area (Å²) in [6.45, 7) is 4.08. The number of nitrogens with zero attached hydrogens (tertiary/aromatic N) is 2. The van der Waals surface area contributed by atoms with Gasteiger partial charge in [-0.3, -0.25) is 4.79 Å². The van der Waals surface area contributed by atoms with E-state index in [4.69, 9.17) is 0 Å². The third-order valence-electron chi connectivity index (χ3n) is 5.35. The summed E-state index contributed by atoms with van der Waals surface area (Å²) in [7, 11) is 2.21. The number of halogens is 2. The fourth-order valence-corrected chi connectivity index (χ4v) is 5.22. The first-order valence-electron chi connectivity index (χ1n) is 8.50. The fourth-order valence-electron chi connectivity index (χ4n) is 4.27. The fraction of sp³-hybridized carbons (Fsp3) is 0.938. The molecule has 1 unspecified atom stereocenters. The first-order valence-corrected chi connectivity index (χ1v) is 9.65. The number of carbonyl (C=O) groups excluding carboxylic acids is 1. The van der Waals surface area contributed by atoms with Crippen LogP contribution in [0.15, 0.2) is 0 Å². The maximum atomic E-state index is 12.9. The molecular weight excluding hydrogens is 353 g/mol. The molecule has 2 aliphatic heterocycles. The molecule has 1 spiro atoms. The molecule has 1 atom stereocenters. The van der Waals surface area contributed by atoms with Crippen molar-refractivity contribution >= 4 is 42.5 Å². The number of carbonyl (C=O) groups is 1. The molecule has 0 aromatic carbocycles. The number of thioether (sulfide) groups is 1. The van der Waals surface area contributed by atoms with Crippen LogP contribution < -0.4 is 5.32 Å². The smallest absolute Gasteiger partial charge is 0.224 e. The van der Waals surface area contributed by atoms with Gasteiger partial charge in [0.05, 0.1) is 5.54 Å². The molecule has 3 aliphatic rings. The highest BCUT2D eigenvalue weighted by atomic mass is 35.5. The van der Waals surface area contributed by atoms with Crippen LogP contribution in [-0.4, -0.2) is 72.0 Å². The molecule has 1 amide bonds. The molecule has 1 N–H and O–H groups in total. The van der Waals surface area contributed by atoms with Gasteiger partial charge in [0.2, 0.25) is 5.91 Å². The molecule has 1 saturated carbocycles. The van der Waals surface area contributed by atoms with Crippen molar-refractivity contribution in [1.82, 2.24) is 15.1 Å². The predicted molar refractivity (Wildman–Crippen MR) is 103 cm³/mol. The number of hydrogen-bond acceptors (Lipinski definition) is 4. The minimum absolute atomic E-state index is 0. The van der Waals surface area contributed by atoms with Crippen molar-refractivity contribution in [2.24, 2.45) is 0 Å². The highest BCUT2D eigenvalue weighted by molar-refractivity contribution is 7.99. The maximum absolute atomic E-state index is 12.9. The monoisotopic (exact) mass is 383 g/mol. The van der Waals surface area contributed by atoms with Gasteiger partial charge in [-0.2, -0.15) is 11.8 Å². The topological polar surface area (TPSA) is 35.6 Å². The summed E-state index contributed by atoms with van der Waals surface area (Å²) in [4.78, 5) is 17.6. The highest BCUT2D eigenvalue weighted by Crippen LogP contribution is 2.36. The molecule has 2 heterocycles. The average Bonchev–Trinajstić information content (AvgIpc) is 2.49. The van der Waals surface area contributed by atoms with E-state index in [-0.39, 0.29) is 30.4 Å². The summed E-state index contributed by atoms with van der Waals surface area (Å²) in [5.74, 6) is 2.67. The average molecular weight is 384 g/mol. The second-order valence-corrected chi connectivity index (χ2v) is 8.15. The van der Waals surface area contributed by atoms with E-state index in [2.05, 4.69) is 22.2 Å². The van der Waals surface area contributed by atoms with E-state index in [9.17, 15) is 4.79 Å². The van der Waals surface area contributed by atoms with Crippen LogP contribution in [0.4, 0.5) is 0 Å². The Morgan fingerprint density at radius 2 is 1.96 bits per heavy atom. The molecule has 3 rings (SSSR count). The van der Waals surface area contributed by atoms with Crippen molar-refractivity contribution in [2.45, 2.75) is 50.1 Å². The van der Waals surface area contributed by atoms with Crippen LogP contribution in [0.3, 0.4) is 0 Å². The Bertz CT molecular complexity index is 374. The molecule has 2 saturated heterocycles. The van der Waals surface area contributed by atoms with Crippen molar-refractivity contribution in [3.8, 4) is 0 Å². The van der Waals surface area contributed by atoms with E-state index in [0.29, 0.717) is 18.4 Å². The van der Waals surface area contributed by atoms with Gasteiger partial charge in [0.15, 0.2) is 0 Å². The molecule has 4 nitrogen and oxygen atoms in total. The summed E-state index contributed by atoms with van der Waals surface area (Å²) < 4.78 is 0. The second kappa shape index (κ2) is 9.71. The Morgan fingerprint density at radius 3 is 2.61 bits per heavy atom. The number of likely N-dealkylation sites (N-methyl/N-ethyl adjacent to an activating group) is 1. The van der Waals surface area contributed by atoms with Crippen molar-refractivity contribution < 1.29 is 4.79 Å². The normalized spacial score (nSPS) is 27.9. The van der Waals surface area contributed by atoms with E-state index in [1.54, 1.807) is 0 Å². The number of amides is 1. The summed E-state index contributed by atoms with van der Waals surface area (Å²) in [5, 5.41) is 3.51. The Morgan fingerprint density at radius 1 is 1.22 bits per heavy atom. The standard InChI is InChI=1S/C16H29N3OS.2ClH/c1-18-8-9-19(16(13-18)5-3-2-4-6-16)15(20)11-14-12-21-10-7-17-14;;/h14,17H,2-13H2,1H3;2*1H. The molecule has 136 valence electrons. The Labute approximate surface area is 157 Å². The molecule has 0 aromatic heterocycles. The molecular formula is C16H31Cl2N3OS. The van der Waals surface area contributed by atoms with Crippen molar-refractivity contribution in [3.05, 3.63) is 0 Å². The molecule has 0 aromatic rings. The summed E-state index contributed by atoms with van der Waals surface area (Å²) in [5.41, 5.74) is 0.143. The largest absolute Gasteiger partial charge is 0.334 e. The van der Waals surface area contributed by atoms with Crippen LogP contribution in [0, 0.1) is 0 Å². The first-order chi connectivity index (χ1) is 10.2. The SMILES string of the molecule is CN1CCN(C(=O)CC2CSCCN2)C2(CCCCC2)C1.Cl.Cl. The van der Waals surface area contributed by atoms with Gasteiger partial charge in [-0.1, -0.05) is 19.3 Å². The molecule has 1 aliphatic carbocycles. The number of piperazine rings is 1. The van der Waals surface area contributed by atoms with E-state index in [1.165, 1.54) is 37.9 Å². The van der Waals surface area contributed by atoms with Crippen LogP contribution >= 0.6 is 36.6 Å². The Kier molecular flexibility index (Phi) is 9.02. The van der Waals surface area contributed by atoms with Crippen molar-refractivity contribution in [1.29, 1.82) is 0 Å². The van der Waals surface area contributed by atoms with Gasteiger partial charge in [0, 0.05) is 50.1 Å². The van der Waals surface area contributed by atoms with Gasteiger partial charge >= 0.3 is 0 Å². The summed E-state index contributed by atoms with van der Waals surface area (Å²) in [6.07, 6.45) is 7.02. The minimum Gasteiger partial charge on any atom is -0.334 e. The zero-order valence-corrected chi connectivity index (χ0v) is 16.5. The molecule has 0 radical (unpaired) electrons. The summed E-state index contributed by atoms with van der Waals surface area (Å²) in [6, 6.07) is 0.386. The van der Waals surface area contributed by atoms with Crippen LogP contribution in [0.1, 0.15) is 38.5 Å². The first kappa shape index (κ1) is 21.4. The van der Waals surface area contributed by atoms with Gasteiger partial charge in [-0.05, 0) is 19.9 Å². The quantitative estimate of drug-likeness (QED) is 0.793. The maximum Gasteiger partial charge on any atom is 0.224 e. The van der Waals surface area contributed by atoms with Crippen LogP contribution in [-0.2, 0) is 4.79 Å². The number of hydrogen-bond donors (Lipinski definition) is 1. The van der Waals surface area contributed by atoms with E-state index in [0.717, 1.165) is 31.9 Å². The second-order valence-electron chi connectivity index (χ2n) is 7.00. The van der Waals surface area contributed by atoms with E-state index < -0.39 is 0 Å². The van der Waals surface area contributed by atoms with Crippen LogP contribution in [0.2, 0.25) is 0 Å². The minimum atomic E-state index is 0. The van der Waals surface area contributed by atoms with Gasteiger partial charge in [0.25, 0.3) is 0 Å². The lowest BCUT2D eigenvalue weighted by Gasteiger charge is -2.52. The van der Waals surface area contributed by atoms with Crippen LogP contribution in [0.5, 0.6) is 0 Å². The van der Waals surface area contributed by atoms with Gasteiger partial charge in [-0.15, -0.1) is 24.8 Å². The van der Waals surface area contributed by atoms with Gasteiger partial charge in [-0.25, -0.2) is 0 Å². The number of rotatable bonds is 2. The predicted octanol–water partition coefficient (Wildman–Crippen LogP) is 2.40. The lowest BCUT2D eigenvalue weighted by molar-refractivity contribution is -0.144. The van der Waals surface area contributed by atoms with E-state index in [1.807, 2.05) is 11.8 Å². The number of nitrogens with one attached hydrogen (secondary N) is 1. The molecule has 23 heavy (non-hydrogen) atoms. The lowest BCUT2D eigenvalue weighted by atomic mass is 9.78. The third kappa shape index (κ3) is 5.15. The van der Waals surface area contributed by atoms with Crippen molar-refractivity contribution in [3.63, 3.8) is 0 Å². The molecule has 0 bridgehead atoms. The molecule has 3 fully saturated rings. The van der Waals surface area contributed by atoms with E-state index >= 15 is 0 Å². The summed E-state index contributed by atoms with van der Waals surface area (Å²) >= 11 is 1.98. The third-order valence-corrected chi connectivity index (χ3v) is 6.48. The lowest BCUT2D eigenvalue weighted by Crippen LogP contribution is -2.64.